The summed E-state index contributed by atoms with van der Waals surface area (Å²) in [5, 5.41) is 8.11. The number of aryl methyl sites for hydroxylation is 1. The summed E-state index contributed by atoms with van der Waals surface area (Å²) in [7, 11) is 4.79. The second kappa shape index (κ2) is 9.30. The van der Waals surface area contributed by atoms with Gasteiger partial charge in [0.05, 0.1) is 20.8 Å². The Balaban J connectivity index is 1.64. The quantitative estimate of drug-likeness (QED) is 0.561. The molecule has 3 aromatic rings. The van der Waals surface area contributed by atoms with Crippen molar-refractivity contribution in [3.8, 4) is 28.7 Å². The Kier molecular flexibility index (Phi) is 6.56. The summed E-state index contributed by atoms with van der Waals surface area (Å²) in [6, 6.07) is 12.9. The second-order valence-corrected chi connectivity index (χ2v) is 6.84. The third kappa shape index (κ3) is 4.89. The van der Waals surface area contributed by atoms with E-state index in [4.69, 9.17) is 18.6 Å². The molecule has 3 rings (SSSR count). The van der Waals surface area contributed by atoms with Crippen molar-refractivity contribution in [1.82, 2.24) is 15.1 Å². The molecule has 1 atom stereocenters. The highest BCUT2D eigenvalue weighted by Gasteiger charge is 2.21. The van der Waals surface area contributed by atoms with Crippen LogP contribution < -0.4 is 14.2 Å². The molecule has 0 unspecified atom stereocenters. The van der Waals surface area contributed by atoms with Gasteiger partial charge in [0.1, 0.15) is 5.75 Å². The summed E-state index contributed by atoms with van der Waals surface area (Å²) in [6.07, 6.45) is -0.647. The molecule has 0 N–H and O–H groups in total. The van der Waals surface area contributed by atoms with Gasteiger partial charge in [0, 0.05) is 12.6 Å². The summed E-state index contributed by atoms with van der Waals surface area (Å²) < 4.78 is 22.0. The standard InChI is InChI=1S/C22H25N3O5/c1-14-6-9-17(10-7-14)29-15(2)22(26)25(3)13-20-23-24-21(30-20)16-8-11-18(27-4)19(12-16)28-5/h6-12,15H,13H2,1-5H3/t15-/m1/s1. The summed E-state index contributed by atoms with van der Waals surface area (Å²) in [5.74, 6) is 2.26. The molecule has 1 heterocycles. The van der Waals surface area contributed by atoms with Crippen molar-refractivity contribution >= 4 is 5.91 Å². The zero-order valence-corrected chi connectivity index (χ0v) is 17.7. The van der Waals surface area contributed by atoms with Crippen LogP contribution in [-0.4, -0.2) is 48.4 Å². The van der Waals surface area contributed by atoms with Crippen molar-refractivity contribution in [3.63, 3.8) is 0 Å². The Bertz CT molecular complexity index is 1000. The first-order chi connectivity index (χ1) is 14.4. The Morgan fingerprint density at radius 2 is 1.77 bits per heavy atom. The Morgan fingerprint density at radius 3 is 2.43 bits per heavy atom. The first-order valence-corrected chi connectivity index (χ1v) is 9.44. The Morgan fingerprint density at radius 1 is 1.07 bits per heavy atom. The van der Waals surface area contributed by atoms with Gasteiger partial charge in [0.25, 0.3) is 5.91 Å². The van der Waals surface area contributed by atoms with Crippen LogP contribution in [0.5, 0.6) is 17.2 Å². The van der Waals surface area contributed by atoms with E-state index in [1.54, 1.807) is 46.4 Å². The molecule has 1 aromatic heterocycles. The fourth-order valence-electron chi connectivity index (χ4n) is 2.87. The largest absolute Gasteiger partial charge is 0.493 e. The monoisotopic (exact) mass is 411 g/mol. The van der Waals surface area contributed by atoms with Gasteiger partial charge in [-0.1, -0.05) is 17.7 Å². The van der Waals surface area contributed by atoms with Crippen LogP contribution in [0.2, 0.25) is 0 Å². The molecule has 0 fully saturated rings. The molecule has 158 valence electrons. The number of hydrogen-bond acceptors (Lipinski definition) is 7. The smallest absolute Gasteiger partial charge is 0.263 e. The lowest BCUT2D eigenvalue weighted by molar-refractivity contribution is -0.137. The fraction of sp³-hybridized carbons (Fsp3) is 0.318. The highest BCUT2D eigenvalue weighted by Crippen LogP contribution is 2.31. The molecule has 0 radical (unpaired) electrons. The highest BCUT2D eigenvalue weighted by molar-refractivity contribution is 5.80. The molecular weight excluding hydrogens is 386 g/mol. The lowest BCUT2D eigenvalue weighted by Gasteiger charge is -2.20. The van der Waals surface area contributed by atoms with E-state index in [9.17, 15) is 4.79 Å². The van der Waals surface area contributed by atoms with Gasteiger partial charge >= 0.3 is 0 Å². The van der Waals surface area contributed by atoms with Crippen LogP contribution in [0, 0.1) is 6.92 Å². The van der Waals surface area contributed by atoms with E-state index >= 15 is 0 Å². The number of nitrogens with zero attached hydrogens (tertiary/aromatic N) is 3. The van der Waals surface area contributed by atoms with Crippen molar-refractivity contribution in [2.75, 3.05) is 21.3 Å². The molecule has 0 saturated heterocycles. The van der Waals surface area contributed by atoms with E-state index in [2.05, 4.69) is 10.2 Å². The molecule has 1 amide bonds. The van der Waals surface area contributed by atoms with Gasteiger partial charge in [-0.3, -0.25) is 4.79 Å². The summed E-state index contributed by atoms with van der Waals surface area (Å²) in [5.41, 5.74) is 1.82. The van der Waals surface area contributed by atoms with Crippen molar-refractivity contribution < 1.29 is 23.4 Å². The van der Waals surface area contributed by atoms with Crippen molar-refractivity contribution in [2.24, 2.45) is 0 Å². The maximum absolute atomic E-state index is 12.6. The lowest BCUT2D eigenvalue weighted by atomic mass is 10.2. The molecule has 0 spiro atoms. The number of carbonyl (C=O) groups excluding carboxylic acids is 1. The predicted molar refractivity (Wildman–Crippen MR) is 111 cm³/mol. The molecule has 0 aliphatic rings. The minimum atomic E-state index is -0.647. The second-order valence-electron chi connectivity index (χ2n) is 6.84. The minimum Gasteiger partial charge on any atom is -0.493 e. The third-order valence-electron chi connectivity index (χ3n) is 4.53. The van der Waals surface area contributed by atoms with Crippen LogP contribution in [-0.2, 0) is 11.3 Å². The maximum Gasteiger partial charge on any atom is 0.263 e. The van der Waals surface area contributed by atoms with Crippen molar-refractivity contribution in [2.45, 2.75) is 26.5 Å². The van der Waals surface area contributed by atoms with Crippen LogP contribution in [0.1, 0.15) is 18.4 Å². The third-order valence-corrected chi connectivity index (χ3v) is 4.53. The normalized spacial score (nSPS) is 11.6. The van der Waals surface area contributed by atoms with E-state index in [-0.39, 0.29) is 12.5 Å². The first kappa shape index (κ1) is 21.2. The number of hydrogen-bond donors (Lipinski definition) is 0. The summed E-state index contributed by atoms with van der Waals surface area (Å²) >= 11 is 0. The number of rotatable bonds is 8. The zero-order valence-electron chi connectivity index (χ0n) is 17.7. The number of methoxy groups -OCH3 is 2. The topological polar surface area (TPSA) is 86.9 Å². The number of ether oxygens (including phenoxy) is 3. The molecule has 0 saturated carbocycles. The van der Waals surface area contributed by atoms with E-state index < -0.39 is 6.10 Å². The molecule has 0 bridgehead atoms. The van der Waals surface area contributed by atoms with Crippen LogP contribution in [0.3, 0.4) is 0 Å². The SMILES string of the molecule is COc1ccc(-c2nnc(CN(C)C(=O)[C@@H](C)Oc3ccc(C)cc3)o2)cc1OC. The van der Waals surface area contributed by atoms with Gasteiger partial charge in [0.2, 0.25) is 11.8 Å². The van der Waals surface area contributed by atoms with E-state index in [1.807, 2.05) is 31.2 Å². The highest BCUT2D eigenvalue weighted by atomic mass is 16.5. The van der Waals surface area contributed by atoms with E-state index in [0.29, 0.717) is 34.6 Å². The van der Waals surface area contributed by atoms with Gasteiger partial charge in [-0.05, 0) is 44.2 Å². The number of likely N-dealkylation sites (N-methyl/N-ethyl adjacent to an activating group) is 1. The van der Waals surface area contributed by atoms with Crippen LogP contribution in [0.4, 0.5) is 0 Å². The van der Waals surface area contributed by atoms with Gasteiger partial charge < -0.3 is 23.5 Å². The number of benzene rings is 2. The lowest BCUT2D eigenvalue weighted by Crippen LogP contribution is -2.37. The number of amides is 1. The van der Waals surface area contributed by atoms with Crippen molar-refractivity contribution in [3.05, 3.63) is 53.9 Å². The van der Waals surface area contributed by atoms with Crippen molar-refractivity contribution in [1.29, 1.82) is 0 Å². The predicted octanol–water partition coefficient (Wildman–Crippen LogP) is 3.49. The van der Waals surface area contributed by atoms with E-state index in [1.165, 1.54) is 4.90 Å². The number of aromatic nitrogens is 2. The maximum atomic E-state index is 12.6. The Hall–Kier alpha value is -3.55. The van der Waals surface area contributed by atoms with Gasteiger partial charge in [-0.2, -0.15) is 0 Å². The van der Waals surface area contributed by atoms with E-state index in [0.717, 1.165) is 5.56 Å². The minimum absolute atomic E-state index is 0.167. The molecule has 8 heteroatoms. The molecule has 8 nitrogen and oxygen atoms in total. The average molecular weight is 411 g/mol. The average Bonchev–Trinajstić information content (AvgIpc) is 3.22. The van der Waals surface area contributed by atoms with Gasteiger partial charge in [0.15, 0.2) is 17.6 Å². The first-order valence-electron chi connectivity index (χ1n) is 9.44. The summed E-state index contributed by atoms with van der Waals surface area (Å²) in [4.78, 5) is 14.1. The van der Waals surface area contributed by atoms with Crippen LogP contribution in [0.25, 0.3) is 11.5 Å². The summed E-state index contributed by atoms with van der Waals surface area (Å²) in [6.45, 7) is 3.87. The van der Waals surface area contributed by atoms with Gasteiger partial charge in [-0.25, -0.2) is 0 Å². The number of carbonyl (C=O) groups is 1. The molecule has 2 aromatic carbocycles. The molecule has 0 aliphatic carbocycles. The zero-order chi connectivity index (χ0) is 21.7. The van der Waals surface area contributed by atoms with Gasteiger partial charge in [-0.15, -0.1) is 10.2 Å². The molecule has 0 aliphatic heterocycles. The molecular formula is C22H25N3O5. The molecule has 30 heavy (non-hydrogen) atoms. The fourth-order valence-corrected chi connectivity index (χ4v) is 2.87. The van der Waals surface area contributed by atoms with Crippen LogP contribution in [0.15, 0.2) is 46.9 Å². The Labute approximate surface area is 175 Å². The van der Waals surface area contributed by atoms with Crippen LogP contribution >= 0.6 is 0 Å².